The van der Waals surface area contributed by atoms with Crippen molar-refractivity contribution in [3.05, 3.63) is 108 Å². The lowest BCUT2D eigenvalue weighted by atomic mass is 10.1. The number of imidazole rings is 1. The first-order valence-electron chi connectivity index (χ1n) is 12.6. The number of carbonyl (C=O) groups is 2. The zero-order valence-electron chi connectivity index (χ0n) is 21.8. The van der Waals surface area contributed by atoms with Gasteiger partial charge in [0, 0.05) is 52.5 Å². The standard InChI is InChI=1S/C29H21F3N8O2/c1-16-14-40(15-35-16)22-9-17(8-18(10-22)29(30,31)32)26(41)36-20-4-2-5-21(11-20)37-28-34-13-24-23(12-19-6-3-7-33-19)27(42)38-25(24)39-28/h2-15,33H,1H3,(H,36,41)(H2,34,37,38,39,42). The van der Waals surface area contributed by atoms with Crippen molar-refractivity contribution in [2.45, 2.75) is 13.1 Å². The second kappa shape index (κ2) is 10.4. The molecule has 0 spiro atoms. The van der Waals surface area contributed by atoms with Crippen LogP contribution in [0.2, 0.25) is 0 Å². The van der Waals surface area contributed by atoms with Gasteiger partial charge in [0.15, 0.2) is 0 Å². The monoisotopic (exact) mass is 570 g/mol. The van der Waals surface area contributed by atoms with Gasteiger partial charge in [0.05, 0.1) is 23.2 Å². The van der Waals surface area contributed by atoms with Crippen LogP contribution in [0.25, 0.3) is 17.3 Å². The van der Waals surface area contributed by atoms with Crippen molar-refractivity contribution in [1.29, 1.82) is 0 Å². The Kier molecular flexibility index (Phi) is 6.53. The van der Waals surface area contributed by atoms with E-state index in [2.05, 4.69) is 35.9 Å². The summed E-state index contributed by atoms with van der Waals surface area (Å²) in [5.41, 5.74) is 2.18. The molecule has 5 aromatic rings. The number of fused-ring (bicyclic) bond motifs is 1. The summed E-state index contributed by atoms with van der Waals surface area (Å²) < 4.78 is 42.3. The van der Waals surface area contributed by atoms with Gasteiger partial charge in [-0.15, -0.1) is 0 Å². The third kappa shape index (κ3) is 5.47. The Morgan fingerprint density at radius 2 is 1.88 bits per heavy atom. The van der Waals surface area contributed by atoms with Crippen LogP contribution in [0, 0.1) is 6.92 Å². The zero-order chi connectivity index (χ0) is 29.4. The fourth-order valence-electron chi connectivity index (χ4n) is 4.39. The normalized spacial score (nSPS) is 13.6. The van der Waals surface area contributed by atoms with Gasteiger partial charge in [0.25, 0.3) is 11.8 Å². The summed E-state index contributed by atoms with van der Waals surface area (Å²) in [5.74, 6) is -0.504. The number of amides is 2. The highest BCUT2D eigenvalue weighted by Gasteiger charge is 2.32. The minimum atomic E-state index is -4.65. The molecule has 1 aliphatic rings. The molecule has 0 bridgehead atoms. The number of nitrogens with zero attached hydrogens (tertiary/aromatic N) is 4. The van der Waals surface area contributed by atoms with Crippen LogP contribution in [0.5, 0.6) is 0 Å². The smallest absolute Gasteiger partial charge is 0.362 e. The van der Waals surface area contributed by atoms with E-state index in [1.807, 2.05) is 12.1 Å². The van der Waals surface area contributed by atoms with Crippen molar-refractivity contribution in [2.24, 2.45) is 0 Å². The Labute approximate surface area is 236 Å². The van der Waals surface area contributed by atoms with Crippen molar-refractivity contribution < 1.29 is 22.8 Å². The molecule has 6 rings (SSSR count). The molecule has 0 fully saturated rings. The van der Waals surface area contributed by atoms with E-state index in [1.165, 1.54) is 23.2 Å². The number of aromatic nitrogens is 5. The lowest BCUT2D eigenvalue weighted by molar-refractivity contribution is -0.137. The average Bonchev–Trinajstić information content (AvgIpc) is 3.69. The summed E-state index contributed by atoms with van der Waals surface area (Å²) in [6.07, 6.45) is 3.27. The van der Waals surface area contributed by atoms with E-state index in [0.717, 1.165) is 17.8 Å². The fourth-order valence-corrected chi connectivity index (χ4v) is 4.39. The molecule has 4 N–H and O–H groups in total. The largest absolute Gasteiger partial charge is 0.416 e. The summed E-state index contributed by atoms with van der Waals surface area (Å²) in [5, 5.41) is 8.38. The van der Waals surface area contributed by atoms with Gasteiger partial charge >= 0.3 is 6.18 Å². The number of carbonyl (C=O) groups excluding carboxylic acids is 2. The van der Waals surface area contributed by atoms with E-state index < -0.39 is 17.6 Å². The lowest BCUT2D eigenvalue weighted by Crippen LogP contribution is -2.15. The summed E-state index contributed by atoms with van der Waals surface area (Å²) >= 11 is 0. The molecule has 2 amide bonds. The Morgan fingerprint density at radius 1 is 1.05 bits per heavy atom. The zero-order valence-corrected chi connectivity index (χ0v) is 21.8. The first-order valence-corrected chi connectivity index (χ1v) is 12.6. The Balaban J connectivity index is 1.21. The van der Waals surface area contributed by atoms with Crippen molar-refractivity contribution in [3.63, 3.8) is 0 Å². The van der Waals surface area contributed by atoms with E-state index in [1.54, 1.807) is 49.7 Å². The summed E-state index contributed by atoms with van der Waals surface area (Å²) in [6.45, 7) is 1.71. The van der Waals surface area contributed by atoms with Gasteiger partial charge in [0.2, 0.25) is 5.95 Å². The number of halogens is 3. The average molecular weight is 571 g/mol. The topological polar surface area (TPSA) is 130 Å². The molecule has 0 saturated heterocycles. The van der Waals surface area contributed by atoms with E-state index in [-0.39, 0.29) is 23.1 Å². The van der Waals surface area contributed by atoms with Gasteiger partial charge in [-0.2, -0.15) is 18.2 Å². The molecule has 42 heavy (non-hydrogen) atoms. The number of anilines is 4. The molecule has 0 aliphatic carbocycles. The molecular weight excluding hydrogens is 549 g/mol. The van der Waals surface area contributed by atoms with Crippen LogP contribution < -0.4 is 16.0 Å². The van der Waals surface area contributed by atoms with Gasteiger partial charge in [-0.1, -0.05) is 6.07 Å². The maximum absolute atomic E-state index is 13.6. The first-order chi connectivity index (χ1) is 20.1. The minimum Gasteiger partial charge on any atom is -0.362 e. The van der Waals surface area contributed by atoms with Gasteiger partial charge in [-0.3, -0.25) is 9.59 Å². The minimum absolute atomic E-state index is 0.151. The van der Waals surface area contributed by atoms with E-state index >= 15 is 0 Å². The highest BCUT2D eigenvalue weighted by Crippen LogP contribution is 2.33. The maximum atomic E-state index is 13.6. The van der Waals surface area contributed by atoms with Crippen LogP contribution in [0.3, 0.4) is 0 Å². The molecule has 0 saturated carbocycles. The van der Waals surface area contributed by atoms with Crippen LogP contribution in [0.4, 0.5) is 36.3 Å². The third-order valence-electron chi connectivity index (χ3n) is 6.37. The van der Waals surface area contributed by atoms with Crippen LogP contribution in [0.1, 0.15) is 32.9 Å². The lowest BCUT2D eigenvalue weighted by Gasteiger charge is -2.13. The number of rotatable bonds is 6. The highest BCUT2D eigenvalue weighted by molar-refractivity contribution is 6.34. The number of H-pyrrole nitrogens is 1. The quantitative estimate of drug-likeness (QED) is 0.191. The molecule has 210 valence electrons. The Bertz CT molecular complexity index is 1860. The molecule has 0 unspecified atom stereocenters. The second-order valence-corrected chi connectivity index (χ2v) is 9.44. The van der Waals surface area contributed by atoms with Crippen molar-refractivity contribution in [2.75, 3.05) is 16.0 Å². The summed E-state index contributed by atoms with van der Waals surface area (Å²) in [7, 11) is 0. The van der Waals surface area contributed by atoms with Crippen molar-refractivity contribution >= 4 is 46.6 Å². The molecule has 13 heteroatoms. The number of benzene rings is 2. The number of alkyl halides is 3. The second-order valence-electron chi connectivity index (χ2n) is 9.44. The Hall–Kier alpha value is -5.72. The van der Waals surface area contributed by atoms with Gasteiger partial charge in [-0.05, 0) is 61.5 Å². The van der Waals surface area contributed by atoms with E-state index in [9.17, 15) is 22.8 Å². The molecule has 4 heterocycles. The number of aryl methyl sites for hydroxylation is 1. The van der Waals surface area contributed by atoms with Crippen molar-refractivity contribution in [3.8, 4) is 5.69 Å². The Morgan fingerprint density at radius 3 is 2.62 bits per heavy atom. The highest BCUT2D eigenvalue weighted by atomic mass is 19.4. The van der Waals surface area contributed by atoms with Gasteiger partial charge in [-0.25, -0.2) is 9.97 Å². The summed E-state index contributed by atoms with van der Waals surface area (Å²) in [6, 6.07) is 13.3. The number of hydrogen-bond donors (Lipinski definition) is 4. The van der Waals surface area contributed by atoms with Crippen LogP contribution in [0.15, 0.2) is 79.5 Å². The third-order valence-corrected chi connectivity index (χ3v) is 6.37. The number of hydrogen-bond acceptors (Lipinski definition) is 6. The molecular formula is C29H21F3N8O2. The molecule has 1 aliphatic heterocycles. The predicted octanol–water partition coefficient (Wildman–Crippen LogP) is 5.81. The van der Waals surface area contributed by atoms with Gasteiger partial charge < -0.3 is 25.5 Å². The first kappa shape index (κ1) is 26.5. The van der Waals surface area contributed by atoms with Crippen molar-refractivity contribution in [1.82, 2.24) is 24.5 Å². The summed E-state index contributed by atoms with van der Waals surface area (Å²) in [4.78, 5) is 41.3. The SMILES string of the molecule is Cc1cn(-c2cc(C(=O)Nc3cccc(Nc4ncc5c(n4)NC(=O)C5=Cc4ccc[nH]4)c3)cc(C(F)(F)F)c2)cn1. The van der Waals surface area contributed by atoms with E-state index in [4.69, 9.17) is 0 Å². The van der Waals surface area contributed by atoms with E-state index in [0.29, 0.717) is 34.0 Å². The molecule has 0 atom stereocenters. The maximum Gasteiger partial charge on any atom is 0.416 e. The number of nitrogens with one attached hydrogen (secondary N) is 4. The molecule has 3 aromatic heterocycles. The van der Waals surface area contributed by atoms with Gasteiger partial charge in [0.1, 0.15) is 5.82 Å². The molecule has 10 nitrogen and oxygen atoms in total. The van der Waals surface area contributed by atoms with Crippen LogP contribution in [-0.2, 0) is 11.0 Å². The molecule has 2 aromatic carbocycles. The molecule has 0 radical (unpaired) electrons. The fraction of sp³-hybridized carbons (Fsp3) is 0.0690. The predicted molar refractivity (Wildman–Crippen MR) is 150 cm³/mol. The van der Waals surface area contributed by atoms with Crippen LogP contribution in [-0.4, -0.2) is 36.3 Å². The number of aromatic amines is 1. The van der Waals surface area contributed by atoms with Crippen LogP contribution >= 0.6 is 0 Å².